The predicted octanol–water partition coefficient (Wildman–Crippen LogP) is 2.53. The Labute approximate surface area is 140 Å². The lowest BCUT2D eigenvalue weighted by Crippen LogP contribution is -2.51. The van der Waals surface area contributed by atoms with Gasteiger partial charge in [0.2, 0.25) is 0 Å². The van der Waals surface area contributed by atoms with Crippen LogP contribution in [0.1, 0.15) is 12.5 Å². The molecule has 0 aliphatic carbocycles. The number of ether oxygens (including phenoxy) is 1. The second-order valence-electron chi connectivity index (χ2n) is 5.86. The number of hydrogen-bond donors (Lipinski definition) is 2. The third kappa shape index (κ3) is 4.49. The maximum absolute atomic E-state index is 12.3. The maximum Gasteiger partial charge on any atom is 0.317 e. The SMILES string of the molecule is CC1(CNC(=O)N(CCO)Cc2ccc(Cl)c(Cl)c2)COC1. The zero-order valence-corrected chi connectivity index (χ0v) is 14.0. The molecule has 122 valence electrons. The molecule has 0 atom stereocenters. The zero-order chi connectivity index (χ0) is 16.2. The monoisotopic (exact) mass is 346 g/mol. The topological polar surface area (TPSA) is 61.8 Å². The number of carbonyl (C=O) groups excluding carboxylic acids is 1. The summed E-state index contributed by atoms with van der Waals surface area (Å²) in [7, 11) is 0. The normalized spacial score (nSPS) is 16.0. The Bertz CT molecular complexity index is 536. The molecule has 7 heteroatoms. The summed E-state index contributed by atoms with van der Waals surface area (Å²) in [6.07, 6.45) is 0. The molecule has 0 radical (unpaired) electrons. The fourth-order valence-corrected chi connectivity index (χ4v) is 2.51. The van der Waals surface area contributed by atoms with Crippen molar-refractivity contribution in [1.82, 2.24) is 10.2 Å². The average molecular weight is 347 g/mol. The summed E-state index contributed by atoms with van der Waals surface area (Å²) in [4.78, 5) is 13.8. The number of hydrogen-bond acceptors (Lipinski definition) is 3. The van der Waals surface area contributed by atoms with Crippen molar-refractivity contribution in [2.75, 3.05) is 32.9 Å². The third-order valence-electron chi connectivity index (χ3n) is 3.58. The highest BCUT2D eigenvalue weighted by atomic mass is 35.5. The number of amides is 2. The molecular formula is C15H20Cl2N2O3. The molecule has 1 aromatic carbocycles. The van der Waals surface area contributed by atoms with Crippen LogP contribution in [-0.4, -0.2) is 48.9 Å². The molecule has 2 N–H and O–H groups in total. The fraction of sp³-hybridized carbons (Fsp3) is 0.533. The van der Waals surface area contributed by atoms with Crippen LogP contribution in [0.4, 0.5) is 4.79 Å². The van der Waals surface area contributed by atoms with Crippen molar-refractivity contribution < 1.29 is 14.6 Å². The average Bonchev–Trinajstić information content (AvgIpc) is 2.46. The van der Waals surface area contributed by atoms with E-state index in [1.807, 2.05) is 6.07 Å². The molecule has 0 bridgehead atoms. The number of benzene rings is 1. The van der Waals surface area contributed by atoms with E-state index in [-0.39, 0.29) is 24.6 Å². The van der Waals surface area contributed by atoms with Crippen LogP contribution < -0.4 is 5.32 Å². The lowest BCUT2D eigenvalue weighted by molar-refractivity contribution is -0.0979. The number of nitrogens with zero attached hydrogens (tertiary/aromatic N) is 1. The Hall–Kier alpha value is -1.01. The van der Waals surface area contributed by atoms with Crippen LogP contribution in [0, 0.1) is 5.41 Å². The van der Waals surface area contributed by atoms with Crippen LogP contribution in [0.25, 0.3) is 0 Å². The van der Waals surface area contributed by atoms with E-state index < -0.39 is 0 Å². The first-order chi connectivity index (χ1) is 10.4. The summed E-state index contributed by atoms with van der Waals surface area (Å²) in [6, 6.07) is 5.02. The minimum atomic E-state index is -0.215. The second-order valence-corrected chi connectivity index (χ2v) is 6.67. The number of nitrogens with one attached hydrogen (secondary N) is 1. The minimum absolute atomic E-state index is 0.00409. The van der Waals surface area contributed by atoms with Gasteiger partial charge in [-0.15, -0.1) is 0 Å². The number of aliphatic hydroxyl groups excluding tert-OH is 1. The number of aliphatic hydroxyl groups is 1. The largest absolute Gasteiger partial charge is 0.395 e. The zero-order valence-electron chi connectivity index (χ0n) is 12.4. The molecule has 1 aliphatic rings. The van der Waals surface area contributed by atoms with E-state index >= 15 is 0 Å². The Balaban J connectivity index is 1.95. The van der Waals surface area contributed by atoms with Crippen LogP contribution in [0.2, 0.25) is 10.0 Å². The summed E-state index contributed by atoms with van der Waals surface area (Å²) in [6.45, 7) is 4.42. The van der Waals surface area contributed by atoms with E-state index in [0.29, 0.717) is 36.3 Å². The highest BCUT2D eigenvalue weighted by Gasteiger charge is 2.34. The summed E-state index contributed by atoms with van der Waals surface area (Å²) >= 11 is 11.9. The molecule has 5 nitrogen and oxygen atoms in total. The summed E-state index contributed by atoms with van der Waals surface area (Å²) in [5.41, 5.74) is 0.862. The molecule has 1 aromatic rings. The van der Waals surface area contributed by atoms with Crippen molar-refractivity contribution in [2.24, 2.45) is 5.41 Å². The maximum atomic E-state index is 12.3. The van der Waals surface area contributed by atoms with Crippen LogP contribution in [0.3, 0.4) is 0 Å². The summed E-state index contributed by atoms with van der Waals surface area (Å²) in [5, 5.41) is 13.0. The third-order valence-corrected chi connectivity index (χ3v) is 4.32. The first-order valence-electron chi connectivity index (χ1n) is 7.09. The van der Waals surface area contributed by atoms with E-state index in [9.17, 15) is 4.79 Å². The molecule has 0 spiro atoms. The summed E-state index contributed by atoms with van der Waals surface area (Å²) < 4.78 is 5.17. The lowest BCUT2D eigenvalue weighted by atomic mass is 9.89. The molecule has 1 heterocycles. The number of carbonyl (C=O) groups is 1. The van der Waals surface area contributed by atoms with Gasteiger partial charge < -0.3 is 20.1 Å². The number of rotatable bonds is 6. The minimum Gasteiger partial charge on any atom is -0.395 e. The molecule has 2 amide bonds. The van der Waals surface area contributed by atoms with Gasteiger partial charge in [-0.3, -0.25) is 0 Å². The smallest absolute Gasteiger partial charge is 0.317 e. The van der Waals surface area contributed by atoms with Crippen molar-refractivity contribution >= 4 is 29.2 Å². The van der Waals surface area contributed by atoms with Gasteiger partial charge in [-0.25, -0.2) is 4.79 Å². The Morgan fingerprint density at radius 1 is 1.41 bits per heavy atom. The summed E-state index contributed by atoms with van der Waals surface area (Å²) in [5.74, 6) is 0. The highest BCUT2D eigenvalue weighted by Crippen LogP contribution is 2.25. The van der Waals surface area contributed by atoms with Crippen molar-refractivity contribution in [3.05, 3.63) is 33.8 Å². The van der Waals surface area contributed by atoms with Crippen LogP contribution in [0.5, 0.6) is 0 Å². The van der Waals surface area contributed by atoms with Gasteiger partial charge in [-0.1, -0.05) is 36.2 Å². The van der Waals surface area contributed by atoms with Gasteiger partial charge in [0, 0.05) is 25.0 Å². The predicted molar refractivity (Wildman–Crippen MR) is 86.3 cm³/mol. The van der Waals surface area contributed by atoms with Crippen LogP contribution >= 0.6 is 23.2 Å². The van der Waals surface area contributed by atoms with Crippen LogP contribution in [0.15, 0.2) is 18.2 Å². The molecule has 2 rings (SSSR count). The van der Waals surface area contributed by atoms with Gasteiger partial charge in [0.05, 0.1) is 29.9 Å². The lowest BCUT2D eigenvalue weighted by Gasteiger charge is -2.38. The molecule has 1 aliphatic heterocycles. The van der Waals surface area contributed by atoms with Gasteiger partial charge in [-0.05, 0) is 17.7 Å². The molecule has 22 heavy (non-hydrogen) atoms. The standard InChI is InChI=1S/C15H20Cl2N2O3/c1-15(9-22-10-15)8-18-14(21)19(4-5-20)7-11-2-3-12(16)13(17)6-11/h2-3,6,20H,4-5,7-10H2,1H3,(H,18,21). The second kappa shape index (κ2) is 7.51. The molecule has 0 unspecified atom stereocenters. The first kappa shape index (κ1) is 17.3. The van der Waals surface area contributed by atoms with Crippen molar-refractivity contribution in [2.45, 2.75) is 13.5 Å². The Kier molecular flexibility index (Phi) is 5.92. The molecule has 1 saturated heterocycles. The molecule has 0 aromatic heterocycles. The van der Waals surface area contributed by atoms with Crippen LogP contribution in [-0.2, 0) is 11.3 Å². The van der Waals surface area contributed by atoms with Gasteiger partial charge >= 0.3 is 6.03 Å². The highest BCUT2D eigenvalue weighted by molar-refractivity contribution is 6.42. The quantitative estimate of drug-likeness (QED) is 0.831. The van der Waals surface area contributed by atoms with E-state index in [0.717, 1.165) is 5.56 Å². The van der Waals surface area contributed by atoms with Gasteiger partial charge in [0.25, 0.3) is 0 Å². The van der Waals surface area contributed by atoms with Gasteiger partial charge in [-0.2, -0.15) is 0 Å². The van der Waals surface area contributed by atoms with E-state index in [1.165, 1.54) is 0 Å². The molecule has 0 saturated carbocycles. The Morgan fingerprint density at radius 2 is 2.14 bits per heavy atom. The molecular weight excluding hydrogens is 327 g/mol. The number of halogens is 2. The first-order valence-corrected chi connectivity index (χ1v) is 7.84. The van der Waals surface area contributed by atoms with Crippen molar-refractivity contribution in [3.63, 3.8) is 0 Å². The van der Waals surface area contributed by atoms with E-state index in [4.69, 9.17) is 33.0 Å². The van der Waals surface area contributed by atoms with Gasteiger partial charge in [0.1, 0.15) is 0 Å². The fourth-order valence-electron chi connectivity index (χ4n) is 2.18. The van der Waals surface area contributed by atoms with Crippen molar-refractivity contribution in [3.8, 4) is 0 Å². The van der Waals surface area contributed by atoms with E-state index in [2.05, 4.69) is 12.2 Å². The van der Waals surface area contributed by atoms with Gasteiger partial charge in [0.15, 0.2) is 0 Å². The Morgan fingerprint density at radius 3 is 2.68 bits per heavy atom. The number of urea groups is 1. The van der Waals surface area contributed by atoms with Crippen molar-refractivity contribution in [1.29, 1.82) is 0 Å². The van der Waals surface area contributed by atoms with E-state index in [1.54, 1.807) is 17.0 Å². The molecule has 1 fully saturated rings.